The first-order valence-corrected chi connectivity index (χ1v) is 10.1. The van der Waals surface area contributed by atoms with Crippen LogP contribution in [0.5, 0.6) is 11.5 Å². The number of aliphatic hydroxyl groups excluding tert-OH is 1. The Hall–Kier alpha value is -2.76. The molecule has 0 aromatic heterocycles. The van der Waals surface area contributed by atoms with Gasteiger partial charge < -0.3 is 19.5 Å². The lowest BCUT2D eigenvalue weighted by Gasteiger charge is -2.37. The number of fused-ring (bicyclic) bond motifs is 1. The van der Waals surface area contributed by atoms with E-state index in [1.807, 2.05) is 48.5 Å². The van der Waals surface area contributed by atoms with Crippen molar-refractivity contribution in [3.05, 3.63) is 66.7 Å². The standard InChI is InChI=1S/C24H28N2O3/c1-28-24-11-5-4-10-22(24)26-15-13-25(14-16-26)17-20(27)18-29-23-12-6-8-19-7-2-3-9-21(19)23/h2-12,20,27H,13-18H2,1H3/t20-/m0/s1. The van der Waals surface area contributed by atoms with E-state index in [4.69, 9.17) is 9.47 Å². The lowest BCUT2D eigenvalue weighted by Crippen LogP contribution is -2.49. The molecule has 3 aromatic carbocycles. The molecular weight excluding hydrogens is 364 g/mol. The van der Waals surface area contributed by atoms with Crippen molar-refractivity contribution in [3.63, 3.8) is 0 Å². The number of methoxy groups -OCH3 is 1. The van der Waals surface area contributed by atoms with Gasteiger partial charge in [0.25, 0.3) is 0 Å². The van der Waals surface area contributed by atoms with Crippen molar-refractivity contribution in [2.24, 2.45) is 0 Å². The van der Waals surface area contributed by atoms with E-state index in [1.165, 1.54) is 0 Å². The average Bonchev–Trinajstić information content (AvgIpc) is 2.78. The number of β-amino-alcohol motifs (C(OH)–C–C–N with tert-alkyl or cyclic N) is 1. The minimum Gasteiger partial charge on any atom is -0.495 e. The number of nitrogens with zero attached hydrogens (tertiary/aromatic N) is 2. The van der Waals surface area contributed by atoms with Crippen LogP contribution < -0.4 is 14.4 Å². The number of anilines is 1. The molecule has 29 heavy (non-hydrogen) atoms. The van der Waals surface area contributed by atoms with E-state index >= 15 is 0 Å². The Morgan fingerprint density at radius 1 is 0.862 bits per heavy atom. The van der Waals surface area contributed by atoms with Gasteiger partial charge in [-0.3, -0.25) is 4.90 Å². The molecule has 1 aliphatic rings. The average molecular weight is 392 g/mol. The van der Waals surface area contributed by atoms with E-state index in [1.54, 1.807) is 7.11 Å². The van der Waals surface area contributed by atoms with Gasteiger partial charge in [0.2, 0.25) is 0 Å². The van der Waals surface area contributed by atoms with Crippen molar-refractivity contribution in [3.8, 4) is 11.5 Å². The Kier molecular flexibility index (Phi) is 6.17. The van der Waals surface area contributed by atoms with Gasteiger partial charge >= 0.3 is 0 Å². The smallest absolute Gasteiger partial charge is 0.142 e. The zero-order valence-electron chi connectivity index (χ0n) is 16.8. The molecule has 1 aliphatic heterocycles. The monoisotopic (exact) mass is 392 g/mol. The topological polar surface area (TPSA) is 45.2 Å². The van der Waals surface area contributed by atoms with Gasteiger partial charge in [-0.1, -0.05) is 48.5 Å². The summed E-state index contributed by atoms with van der Waals surface area (Å²) in [6.45, 7) is 4.55. The van der Waals surface area contributed by atoms with Crippen LogP contribution >= 0.6 is 0 Å². The first-order chi connectivity index (χ1) is 14.2. The molecule has 5 heteroatoms. The second kappa shape index (κ2) is 9.16. The predicted octanol–water partition coefficient (Wildman–Crippen LogP) is 3.41. The van der Waals surface area contributed by atoms with Crippen LogP contribution in [0.4, 0.5) is 5.69 Å². The highest BCUT2D eigenvalue weighted by Crippen LogP contribution is 2.28. The quantitative estimate of drug-likeness (QED) is 0.668. The van der Waals surface area contributed by atoms with Crippen molar-refractivity contribution in [1.82, 2.24) is 4.90 Å². The normalized spacial score (nSPS) is 16.0. The van der Waals surface area contributed by atoms with Gasteiger partial charge in [0.05, 0.1) is 12.8 Å². The molecule has 0 unspecified atom stereocenters. The van der Waals surface area contributed by atoms with Crippen molar-refractivity contribution < 1.29 is 14.6 Å². The molecular formula is C24H28N2O3. The Bertz CT molecular complexity index is 933. The summed E-state index contributed by atoms with van der Waals surface area (Å²) in [5, 5.41) is 12.7. The molecule has 5 nitrogen and oxygen atoms in total. The Morgan fingerprint density at radius 3 is 2.38 bits per heavy atom. The molecule has 1 atom stereocenters. The number of ether oxygens (including phenoxy) is 2. The van der Waals surface area contributed by atoms with Crippen molar-refractivity contribution in [1.29, 1.82) is 0 Å². The SMILES string of the molecule is COc1ccccc1N1CCN(C[C@H](O)COc2cccc3ccccc23)CC1. The van der Waals surface area contributed by atoms with E-state index in [2.05, 4.69) is 28.0 Å². The minimum absolute atomic E-state index is 0.292. The fourth-order valence-corrected chi connectivity index (χ4v) is 3.92. The van der Waals surface area contributed by atoms with Gasteiger partial charge in [0.15, 0.2) is 0 Å². The number of aliphatic hydroxyl groups is 1. The second-order valence-corrected chi connectivity index (χ2v) is 7.40. The third kappa shape index (κ3) is 4.63. The highest BCUT2D eigenvalue weighted by Gasteiger charge is 2.21. The highest BCUT2D eigenvalue weighted by atomic mass is 16.5. The maximum absolute atomic E-state index is 10.5. The van der Waals surface area contributed by atoms with Gasteiger partial charge in [0.1, 0.15) is 24.2 Å². The van der Waals surface area contributed by atoms with Crippen LogP contribution in [0.15, 0.2) is 66.7 Å². The third-order valence-corrected chi connectivity index (χ3v) is 5.45. The summed E-state index contributed by atoms with van der Waals surface area (Å²) in [4.78, 5) is 4.64. The molecule has 0 aliphatic carbocycles. The summed E-state index contributed by atoms with van der Waals surface area (Å²) >= 11 is 0. The minimum atomic E-state index is -0.522. The summed E-state index contributed by atoms with van der Waals surface area (Å²) in [5.41, 5.74) is 1.13. The number of benzene rings is 3. The summed E-state index contributed by atoms with van der Waals surface area (Å²) in [6, 6.07) is 22.3. The van der Waals surface area contributed by atoms with E-state index in [0.29, 0.717) is 13.2 Å². The van der Waals surface area contributed by atoms with Crippen LogP contribution in [0.25, 0.3) is 10.8 Å². The molecule has 0 bridgehead atoms. The van der Waals surface area contributed by atoms with Crippen molar-refractivity contribution >= 4 is 16.5 Å². The van der Waals surface area contributed by atoms with E-state index < -0.39 is 6.10 Å². The summed E-state index contributed by atoms with van der Waals surface area (Å²) < 4.78 is 11.4. The maximum atomic E-state index is 10.5. The maximum Gasteiger partial charge on any atom is 0.142 e. The molecule has 0 spiro atoms. The molecule has 1 N–H and O–H groups in total. The van der Waals surface area contributed by atoms with E-state index in [9.17, 15) is 5.11 Å². The number of rotatable bonds is 7. The van der Waals surface area contributed by atoms with Gasteiger partial charge in [-0.2, -0.15) is 0 Å². The molecule has 0 radical (unpaired) electrons. The molecule has 152 valence electrons. The molecule has 0 saturated carbocycles. The first kappa shape index (κ1) is 19.6. The summed E-state index contributed by atoms with van der Waals surface area (Å²) in [5.74, 6) is 1.73. The zero-order valence-corrected chi connectivity index (χ0v) is 16.8. The molecule has 1 saturated heterocycles. The zero-order chi connectivity index (χ0) is 20.1. The van der Waals surface area contributed by atoms with E-state index in [0.717, 1.165) is 54.1 Å². The number of piperazine rings is 1. The fraction of sp³-hybridized carbons (Fsp3) is 0.333. The number of para-hydroxylation sites is 2. The molecule has 3 aromatic rings. The third-order valence-electron chi connectivity index (χ3n) is 5.45. The summed E-state index contributed by atoms with van der Waals surface area (Å²) in [6.07, 6.45) is -0.522. The Balaban J connectivity index is 1.28. The van der Waals surface area contributed by atoms with Crippen molar-refractivity contribution in [2.75, 3.05) is 51.3 Å². The lowest BCUT2D eigenvalue weighted by molar-refractivity contribution is 0.0668. The largest absolute Gasteiger partial charge is 0.495 e. The molecule has 0 amide bonds. The number of hydrogen-bond donors (Lipinski definition) is 1. The molecule has 1 heterocycles. The molecule has 4 rings (SSSR count). The van der Waals surface area contributed by atoms with Crippen molar-refractivity contribution in [2.45, 2.75) is 6.10 Å². The van der Waals surface area contributed by atoms with Crippen LogP contribution in [-0.4, -0.2) is 62.6 Å². The van der Waals surface area contributed by atoms with Crippen LogP contribution in [0.2, 0.25) is 0 Å². The van der Waals surface area contributed by atoms with Gasteiger partial charge in [-0.25, -0.2) is 0 Å². The Morgan fingerprint density at radius 2 is 1.55 bits per heavy atom. The lowest BCUT2D eigenvalue weighted by atomic mass is 10.1. The van der Waals surface area contributed by atoms with Gasteiger partial charge in [0, 0.05) is 38.1 Å². The number of hydrogen-bond acceptors (Lipinski definition) is 5. The van der Waals surface area contributed by atoms with E-state index in [-0.39, 0.29) is 0 Å². The van der Waals surface area contributed by atoms with Crippen LogP contribution in [0.3, 0.4) is 0 Å². The highest BCUT2D eigenvalue weighted by molar-refractivity contribution is 5.88. The summed E-state index contributed by atoms with van der Waals surface area (Å²) in [7, 11) is 1.71. The van der Waals surface area contributed by atoms with Crippen LogP contribution in [0.1, 0.15) is 0 Å². The van der Waals surface area contributed by atoms with Gasteiger partial charge in [-0.15, -0.1) is 0 Å². The predicted molar refractivity (Wildman–Crippen MR) is 117 cm³/mol. The molecule has 1 fully saturated rings. The van der Waals surface area contributed by atoms with Crippen LogP contribution in [0, 0.1) is 0 Å². The second-order valence-electron chi connectivity index (χ2n) is 7.40. The van der Waals surface area contributed by atoms with Crippen LogP contribution in [-0.2, 0) is 0 Å². The Labute approximate surface area is 172 Å². The van der Waals surface area contributed by atoms with Gasteiger partial charge in [-0.05, 0) is 23.6 Å². The fourth-order valence-electron chi connectivity index (χ4n) is 3.92. The first-order valence-electron chi connectivity index (χ1n) is 10.1.